The quantitative estimate of drug-likeness (QED) is 0.136. The molecule has 5 heterocycles. The van der Waals surface area contributed by atoms with Crippen LogP contribution >= 0.6 is 23.2 Å². The maximum Gasteiger partial charge on any atom is 0.275 e. The SMILES string of the molecule is Cc1cc(OCCCc2c3n(c4c(-c5c(C)nn(C)c5C)c(Cl)ccc24)[C@H](C)CN(c2cn(C)c4ccc(-c5nnc(C6CC6)o5)cc24)C3=O)cc(C)c1Cl. The summed E-state index contributed by atoms with van der Waals surface area (Å²) in [7, 11) is 3.97. The van der Waals surface area contributed by atoms with Crippen molar-refractivity contribution in [3.63, 3.8) is 0 Å². The summed E-state index contributed by atoms with van der Waals surface area (Å²) in [5.74, 6) is 2.29. The van der Waals surface area contributed by atoms with Gasteiger partial charge in [-0.25, -0.2) is 0 Å². The summed E-state index contributed by atoms with van der Waals surface area (Å²) in [6.45, 7) is 11.2. The number of amides is 1. The lowest BCUT2D eigenvalue weighted by molar-refractivity contribution is 0.0957. The number of aryl methyl sites for hydroxylation is 6. The van der Waals surface area contributed by atoms with Gasteiger partial charge in [0.25, 0.3) is 5.91 Å². The van der Waals surface area contributed by atoms with Crippen LogP contribution < -0.4 is 9.64 Å². The van der Waals surface area contributed by atoms with Gasteiger partial charge in [0.05, 0.1) is 28.5 Å². The number of halogens is 2. The van der Waals surface area contributed by atoms with Gasteiger partial charge in [-0.15, -0.1) is 10.2 Å². The van der Waals surface area contributed by atoms with Crippen molar-refractivity contribution in [2.45, 2.75) is 72.3 Å². The summed E-state index contributed by atoms with van der Waals surface area (Å²) in [4.78, 5) is 17.2. The Morgan fingerprint density at radius 1 is 0.945 bits per heavy atom. The number of rotatable bonds is 9. The molecule has 0 spiro atoms. The standard InChI is InChI=1S/C43H43Cl2N7O3/c1-22-17-29(18-23(2)38(22)45)54-16-8-9-30-31-13-14-33(44)37(36-25(4)48-50(7)26(36)5)39(31)52-24(3)20-51(43(53)40(30)52)35-21-49(6)34-15-12-28(19-32(34)35)42-47-46-41(55-42)27-10-11-27/h12-15,17-19,21,24,27H,8-11,16,20H2,1-7H3/t24-/m1/s1. The third kappa shape index (κ3) is 5.84. The van der Waals surface area contributed by atoms with E-state index in [-0.39, 0.29) is 11.9 Å². The van der Waals surface area contributed by atoms with Crippen molar-refractivity contribution in [2.24, 2.45) is 14.1 Å². The van der Waals surface area contributed by atoms with Gasteiger partial charge in [-0.2, -0.15) is 5.10 Å². The van der Waals surface area contributed by atoms with Crippen molar-refractivity contribution in [2.75, 3.05) is 18.1 Å². The zero-order valence-corrected chi connectivity index (χ0v) is 33.6. The number of fused-ring (bicyclic) bond motifs is 4. The van der Waals surface area contributed by atoms with Crippen LogP contribution in [-0.4, -0.2) is 48.2 Å². The van der Waals surface area contributed by atoms with Gasteiger partial charge in [0.15, 0.2) is 0 Å². The highest BCUT2D eigenvalue weighted by atomic mass is 35.5. The van der Waals surface area contributed by atoms with Crippen LogP contribution in [0.5, 0.6) is 5.75 Å². The summed E-state index contributed by atoms with van der Waals surface area (Å²) >= 11 is 13.6. The van der Waals surface area contributed by atoms with Crippen LogP contribution in [0.1, 0.15) is 82.6 Å². The van der Waals surface area contributed by atoms with Gasteiger partial charge in [0, 0.05) is 82.5 Å². The van der Waals surface area contributed by atoms with E-state index in [9.17, 15) is 0 Å². The second kappa shape index (κ2) is 13.3. The first-order valence-electron chi connectivity index (χ1n) is 18.9. The molecule has 12 heteroatoms. The van der Waals surface area contributed by atoms with Gasteiger partial charge in [0.1, 0.15) is 11.4 Å². The Balaban J connectivity index is 1.16. The van der Waals surface area contributed by atoms with Crippen molar-refractivity contribution in [3.05, 3.63) is 98.4 Å². The third-order valence-electron chi connectivity index (χ3n) is 11.4. The fourth-order valence-electron chi connectivity index (χ4n) is 8.50. The predicted octanol–water partition coefficient (Wildman–Crippen LogP) is 10.2. The number of anilines is 1. The highest BCUT2D eigenvalue weighted by Gasteiger charge is 2.38. The molecule has 0 unspecified atom stereocenters. The van der Waals surface area contributed by atoms with Gasteiger partial charge < -0.3 is 23.2 Å². The van der Waals surface area contributed by atoms with Crippen LogP contribution in [0, 0.1) is 27.7 Å². The second-order valence-electron chi connectivity index (χ2n) is 15.3. The number of carbonyl (C=O) groups is 1. The molecule has 282 valence electrons. The number of ether oxygens (including phenoxy) is 1. The van der Waals surface area contributed by atoms with E-state index in [4.69, 9.17) is 37.5 Å². The molecule has 9 rings (SSSR count). The molecule has 1 atom stereocenters. The molecule has 4 aromatic heterocycles. The zero-order valence-electron chi connectivity index (χ0n) is 32.1. The molecule has 10 nitrogen and oxygen atoms in total. The van der Waals surface area contributed by atoms with E-state index >= 15 is 4.79 Å². The van der Waals surface area contributed by atoms with E-state index in [0.29, 0.717) is 54.4 Å². The van der Waals surface area contributed by atoms with Crippen molar-refractivity contribution < 1.29 is 13.9 Å². The van der Waals surface area contributed by atoms with Gasteiger partial charge >= 0.3 is 0 Å². The van der Waals surface area contributed by atoms with E-state index < -0.39 is 0 Å². The molecule has 2 aliphatic rings. The van der Waals surface area contributed by atoms with Crippen LogP contribution in [0.25, 0.3) is 44.4 Å². The summed E-state index contributed by atoms with van der Waals surface area (Å²) in [6, 6.07) is 14.0. The maximum atomic E-state index is 15.2. The molecule has 1 aliphatic heterocycles. The van der Waals surface area contributed by atoms with Crippen molar-refractivity contribution >= 4 is 56.6 Å². The molecule has 0 radical (unpaired) electrons. The number of aromatic nitrogens is 6. The summed E-state index contributed by atoms with van der Waals surface area (Å²) in [5, 5.41) is 16.8. The fraction of sp³-hybridized carbons (Fsp3) is 0.349. The van der Waals surface area contributed by atoms with Crippen LogP contribution in [0.4, 0.5) is 5.69 Å². The monoisotopic (exact) mass is 775 g/mol. The highest BCUT2D eigenvalue weighted by molar-refractivity contribution is 6.35. The topological polar surface area (TPSA) is 96.1 Å². The molecule has 0 N–H and O–H groups in total. The van der Waals surface area contributed by atoms with Crippen LogP contribution in [0.2, 0.25) is 10.0 Å². The highest BCUT2D eigenvalue weighted by Crippen LogP contribution is 2.46. The van der Waals surface area contributed by atoms with Gasteiger partial charge in [-0.3, -0.25) is 9.48 Å². The lowest BCUT2D eigenvalue weighted by Gasteiger charge is -2.34. The molecule has 0 saturated heterocycles. The zero-order chi connectivity index (χ0) is 38.4. The van der Waals surface area contributed by atoms with E-state index in [1.165, 1.54) is 0 Å². The normalized spacial score (nSPS) is 15.8. The Morgan fingerprint density at radius 3 is 2.42 bits per heavy atom. The van der Waals surface area contributed by atoms with Gasteiger partial charge in [-0.1, -0.05) is 29.3 Å². The number of hydrogen-bond acceptors (Lipinski definition) is 6. The van der Waals surface area contributed by atoms with E-state index in [1.807, 2.05) is 68.7 Å². The molecule has 55 heavy (non-hydrogen) atoms. The second-order valence-corrected chi connectivity index (χ2v) is 16.1. The molecule has 7 aromatic rings. The van der Waals surface area contributed by atoms with Crippen molar-refractivity contribution in [1.82, 2.24) is 29.1 Å². The first-order chi connectivity index (χ1) is 26.4. The molecular weight excluding hydrogens is 733 g/mol. The molecule has 3 aromatic carbocycles. The Labute approximate surface area is 329 Å². The predicted molar refractivity (Wildman–Crippen MR) is 218 cm³/mol. The average Bonchev–Trinajstić information content (AvgIpc) is 3.53. The van der Waals surface area contributed by atoms with Gasteiger partial charge in [0.2, 0.25) is 11.8 Å². The largest absolute Gasteiger partial charge is 0.494 e. The first-order valence-corrected chi connectivity index (χ1v) is 19.7. The summed E-state index contributed by atoms with van der Waals surface area (Å²) in [5.41, 5.74) is 11.1. The molecular formula is C43H43Cl2N7O3. The third-order valence-corrected chi connectivity index (χ3v) is 12.3. The van der Waals surface area contributed by atoms with E-state index in [1.54, 1.807) is 0 Å². The number of benzene rings is 3. The van der Waals surface area contributed by atoms with Crippen LogP contribution in [0.15, 0.2) is 53.1 Å². The van der Waals surface area contributed by atoms with E-state index in [0.717, 1.165) is 95.9 Å². The molecule has 1 amide bonds. The maximum absolute atomic E-state index is 15.2. The lowest BCUT2D eigenvalue weighted by atomic mass is 9.98. The minimum atomic E-state index is -0.0785. The average molecular weight is 777 g/mol. The Bertz CT molecular complexity index is 2670. The minimum Gasteiger partial charge on any atom is -0.494 e. The fourth-order valence-corrected chi connectivity index (χ4v) is 8.86. The van der Waals surface area contributed by atoms with E-state index in [2.05, 4.69) is 57.6 Å². The number of hydrogen-bond donors (Lipinski definition) is 0. The van der Waals surface area contributed by atoms with Crippen LogP contribution in [0.3, 0.4) is 0 Å². The lowest BCUT2D eigenvalue weighted by Crippen LogP contribution is -2.42. The molecule has 1 saturated carbocycles. The molecule has 1 aliphatic carbocycles. The summed E-state index contributed by atoms with van der Waals surface area (Å²) < 4.78 is 18.6. The Hall–Kier alpha value is -5.06. The Morgan fingerprint density at radius 2 is 1.71 bits per heavy atom. The number of carbonyl (C=O) groups excluding carboxylic acids is 1. The van der Waals surface area contributed by atoms with Crippen LogP contribution in [-0.2, 0) is 20.5 Å². The van der Waals surface area contributed by atoms with Crippen molar-refractivity contribution in [3.8, 4) is 28.3 Å². The molecule has 1 fully saturated rings. The summed E-state index contributed by atoms with van der Waals surface area (Å²) in [6.07, 6.45) is 5.54. The number of nitrogens with zero attached hydrogens (tertiary/aromatic N) is 7. The smallest absolute Gasteiger partial charge is 0.275 e. The van der Waals surface area contributed by atoms with Crippen molar-refractivity contribution in [1.29, 1.82) is 0 Å². The first kappa shape index (κ1) is 35.6. The minimum absolute atomic E-state index is 0.0532. The Kier molecular flexibility index (Phi) is 8.62. The molecule has 0 bridgehead atoms. The van der Waals surface area contributed by atoms with Gasteiger partial charge in [-0.05, 0) is 113 Å².